The Kier molecular flexibility index (Phi) is 8.21. The highest BCUT2D eigenvalue weighted by Crippen LogP contribution is 2.24. The first-order valence-electron chi connectivity index (χ1n) is 9.99. The normalized spacial score (nSPS) is 11.1. The van der Waals surface area contributed by atoms with Crippen LogP contribution in [0.25, 0.3) is 0 Å². The molecule has 0 aliphatic carbocycles. The molecule has 2 aromatic carbocycles. The molecule has 2 rings (SSSR count). The van der Waals surface area contributed by atoms with E-state index in [-0.39, 0.29) is 5.91 Å². The van der Waals surface area contributed by atoms with Crippen molar-refractivity contribution in [2.24, 2.45) is 5.41 Å². The molecule has 1 N–H and O–H groups in total. The maximum absolute atomic E-state index is 12.7. The van der Waals surface area contributed by atoms with Gasteiger partial charge in [0.2, 0.25) is 5.91 Å². The van der Waals surface area contributed by atoms with Crippen molar-refractivity contribution < 1.29 is 9.53 Å². The average Bonchev–Trinajstić information content (AvgIpc) is 2.68. The van der Waals surface area contributed by atoms with Gasteiger partial charge in [-0.15, -0.1) is 0 Å². The van der Waals surface area contributed by atoms with Crippen LogP contribution in [0, 0.1) is 19.3 Å². The number of aryl methyl sites for hydroxylation is 2. The lowest BCUT2D eigenvalue weighted by atomic mass is 9.87. The van der Waals surface area contributed by atoms with E-state index in [1.807, 2.05) is 69.1 Å². The molecule has 0 radical (unpaired) electrons. The number of hydrogen-bond donors (Lipinski definition) is 1. The maximum Gasteiger partial charge on any atom is 0.231 e. The number of ether oxygens (including phenoxy) is 1. The van der Waals surface area contributed by atoms with Crippen molar-refractivity contribution in [1.29, 1.82) is 0 Å². The van der Waals surface area contributed by atoms with E-state index >= 15 is 0 Å². The first-order chi connectivity index (χ1) is 13.7. The Morgan fingerprint density at radius 1 is 1.14 bits per heavy atom. The third-order valence-electron chi connectivity index (χ3n) is 4.99. The van der Waals surface area contributed by atoms with Crippen LogP contribution in [0.3, 0.4) is 0 Å². The van der Waals surface area contributed by atoms with Crippen LogP contribution in [0.15, 0.2) is 48.5 Å². The number of carbonyl (C=O) groups excluding carboxylic acids is 1. The van der Waals surface area contributed by atoms with Gasteiger partial charge in [0.15, 0.2) is 5.11 Å². The van der Waals surface area contributed by atoms with E-state index in [1.165, 1.54) is 5.56 Å². The predicted octanol–water partition coefficient (Wildman–Crippen LogP) is 5.02. The molecule has 0 bridgehead atoms. The van der Waals surface area contributed by atoms with Crippen molar-refractivity contribution in [2.75, 3.05) is 13.7 Å². The lowest BCUT2D eigenvalue weighted by Crippen LogP contribution is -2.45. The number of nitrogens with one attached hydrogen (secondary N) is 1. The summed E-state index contributed by atoms with van der Waals surface area (Å²) in [5.74, 6) is 0.852. The second-order valence-electron chi connectivity index (χ2n) is 8.21. The summed E-state index contributed by atoms with van der Waals surface area (Å²) in [7, 11) is 1.89. The fraction of sp³-hybridized carbons (Fsp3) is 0.417. The van der Waals surface area contributed by atoms with Crippen LogP contribution in [0.5, 0.6) is 5.75 Å². The van der Waals surface area contributed by atoms with Gasteiger partial charge in [-0.2, -0.15) is 0 Å². The number of thiocarbonyl (C=S) groups is 1. The Balaban J connectivity index is 1.79. The van der Waals surface area contributed by atoms with E-state index in [0.717, 1.165) is 23.3 Å². The van der Waals surface area contributed by atoms with Gasteiger partial charge in [-0.1, -0.05) is 56.3 Å². The van der Waals surface area contributed by atoms with Gasteiger partial charge in [0.1, 0.15) is 5.75 Å². The van der Waals surface area contributed by atoms with Gasteiger partial charge in [-0.25, -0.2) is 0 Å². The number of carbonyl (C=O) groups is 1. The zero-order valence-corrected chi connectivity index (χ0v) is 18.9. The van der Waals surface area contributed by atoms with Crippen LogP contribution < -0.4 is 10.1 Å². The van der Waals surface area contributed by atoms with Crippen molar-refractivity contribution in [3.63, 3.8) is 0 Å². The maximum atomic E-state index is 12.7. The molecule has 0 aliphatic rings. The minimum Gasteiger partial charge on any atom is -0.493 e. The Morgan fingerprint density at radius 2 is 1.83 bits per heavy atom. The van der Waals surface area contributed by atoms with Crippen LogP contribution in [-0.4, -0.2) is 29.6 Å². The summed E-state index contributed by atoms with van der Waals surface area (Å²) in [5.41, 5.74) is 2.93. The van der Waals surface area contributed by atoms with Gasteiger partial charge < -0.3 is 15.0 Å². The molecule has 5 heteroatoms. The molecule has 4 nitrogen and oxygen atoms in total. The van der Waals surface area contributed by atoms with Crippen LogP contribution in [-0.2, 0) is 11.3 Å². The molecule has 0 aromatic heterocycles. The van der Waals surface area contributed by atoms with Crippen molar-refractivity contribution in [3.05, 3.63) is 65.2 Å². The summed E-state index contributed by atoms with van der Waals surface area (Å²) in [6.45, 7) is 9.22. The Bertz CT molecular complexity index is 834. The highest BCUT2D eigenvalue weighted by atomic mass is 32.1. The van der Waals surface area contributed by atoms with Gasteiger partial charge >= 0.3 is 0 Å². The highest BCUT2D eigenvalue weighted by molar-refractivity contribution is 7.80. The van der Waals surface area contributed by atoms with Crippen LogP contribution in [0.4, 0.5) is 0 Å². The molecule has 0 atom stereocenters. The van der Waals surface area contributed by atoms with Gasteiger partial charge in [0, 0.05) is 19.0 Å². The van der Waals surface area contributed by atoms with Gasteiger partial charge in [0.05, 0.1) is 6.61 Å². The lowest BCUT2D eigenvalue weighted by Gasteiger charge is -2.27. The van der Waals surface area contributed by atoms with Gasteiger partial charge in [-0.05, 0) is 61.7 Å². The Hall–Kier alpha value is -2.40. The molecule has 156 valence electrons. The van der Waals surface area contributed by atoms with E-state index in [1.54, 1.807) is 0 Å². The first-order valence-corrected chi connectivity index (χ1v) is 10.4. The van der Waals surface area contributed by atoms with Crippen molar-refractivity contribution in [2.45, 2.75) is 47.1 Å². The van der Waals surface area contributed by atoms with Crippen molar-refractivity contribution in [1.82, 2.24) is 10.2 Å². The number of rotatable bonds is 8. The predicted molar refractivity (Wildman–Crippen MR) is 123 cm³/mol. The minimum atomic E-state index is -0.525. The summed E-state index contributed by atoms with van der Waals surface area (Å²) >= 11 is 5.42. The summed E-state index contributed by atoms with van der Waals surface area (Å²) in [6, 6.07) is 16.2. The molecule has 0 fully saturated rings. The van der Waals surface area contributed by atoms with E-state index in [9.17, 15) is 4.79 Å². The second kappa shape index (κ2) is 10.4. The zero-order chi connectivity index (χ0) is 21.4. The molecular weight excluding hydrogens is 380 g/mol. The van der Waals surface area contributed by atoms with E-state index in [2.05, 4.69) is 24.4 Å². The standard InChI is InChI=1S/C24H32N2O2S/c1-18-12-13-19(2)21(16-18)28-15-9-14-24(3,4)22(27)25-23(29)26(5)17-20-10-7-6-8-11-20/h6-8,10-13,16H,9,14-15,17H2,1-5H3,(H,25,27,29). The molecule has 0 heterocycles. The topological polar surface area (TPSA) is 41.6 Å². The van der Waals surface area contributed by atoms with Crippen LogP contribution in [0.1, 0.15) is 43.4 Å². The molecule has 2 aromatic rings. The fourth-order valence-electron chi connectivity index (χ4n) is 2.96. The number of hydrogen-bond acceptors (Lipinski definition) is 3. The fourth-order valence-corrected chi connectivity index (χ4v) is 3.12. The summed E-state index contributed by atoms with van der Waals surface area (Å²) in [6.07, 6.45) is 1.51. The second-order valence-corrected chi connectivity index (χ2v) is 8.59. The minimum absolute atomic E-state index is 0.0610. The van der Waals surface area contributed by atoms with E-state index in [4.69, 9.17) is 17.0 Å². The van der Waals surface area contributed by atoms with Gasteiger partial charge in [0.25, 0.3) is 0 Å². The molecule has 0 aliphatic heterocycles. The quantitative estimate of drug-likeness (QED) is 0.488. The molecule has 0 spiro atoms. The molecule has 0 saturated carbocycles. The van der Waals surface area contributed by atoms with Crippen LogP contribution >= 0.6 is 12.2 Å². The monoisotopic (exact) mass is 412 g/mol. The zero-order valence-electron chi connectivity index (χ0n) is 18.1. The van der Waals surface area contributed by atoms with E-state index in [0.29, 0.717) is 24.7 Å². The van der Waals surface area contributed by atoms with Crippen molar-refractivity contribution >= 4 is 23.2 Å². The average molecular weight is 413 g/mol. The number of nitrogens with zero attached hydrogens (tertiary/aromatic N) is 1. The SMILES string of the molecule is Cc1ccc(C)c(OCCCC(C)(C)C(=O)NC(=S)N(C)Cc2ccccc2)c1. The number of benzene rings is 2. The Labute approximate surface area is 180 Å². The van der Waals surface area contributed by atoms with Crippen molar-refractivity contribution in [3.8, 4) is 5.75 Å². The molecule has 0 saturated heterocycles. The summed E-state index contributed by atoms with van der Waals surface area (Å²) in [5, 5.41) is 3.34. The van der Waals surface area contributed by atoms with Crippen LogP contribution in [0.2, 0.25) is 0 Å². The van der Waals surface area contributed by atoms with Gasteiger partial charge in [-0.3, -0.25) is 4.79 Å². The molecule has 29 heavy (non-hydrogen) atoms. The summed E-state index contributed by atoms with van der Waals surface area (Å²) in [4.78, 5) is 14.6. The third kappa shape index (κ3) is 7.17. The molecular formula is C24H32N2O2S. The molecule has 0 unspecified atom stereocenters. The smallest absolute Gasteiger partial charge is 0.231 e. The summed E-state index contributed by atoms with van der Waals surface area (Å²) < 4.78 is 5.91. The highest BCUT2D eigenvalue weighted by Gasteiger charge is 2.28. The largest absolute Gasteiger partial charge is 0.493 e. The Morgan fingerprint density at radius 3 is 2.52 bits per heavy atom. The lowest BCUT2D eigenvalue weighted by molar-refractivity contribution is -0.128. The molecule has 1 amide bonds. The third-order valence-corrected chi connectivity index (χ3v) is 5.41. The first kappa shape index (κ1) is 22.9. The number of amides is 1. The van der Waals surface area contributed by atoms with E-state index < -0.39 is 5.41 Å².